The summed E-state index contributed by atoms with van der Waals surface area (Å²) in [5.41, 5.74) is 0.838. The van der Waals surface area contributed by atoms with Crippen molar-refractivity contribution in [3.8, 4) is 0 Å². The molecule has 1 N–H and O–H groups in total. The number of amides is 1. The quantitative estimate of drug-likeness (QED) is 0.769. The summed E-state index contributed by atoms with van der Waals surface area (Å²) in [5.74, 6) is -0.705. The maximum atomic E-state index is 12.4. The topological polar surface area (TPSA) is 55.4 Å². The molecule has 0 spiro atoms. The van der Waals surface area contributed by atoms with E-state index in [0.717, 1.165) is 5.56 Å². The molecule has 0 heterocycles. The van der Waals surface area contributed by atoms with Gasteiger partial charge in [0.2, 0.25) is 0 Å². The first-order valence-corrected chi connectivity index (χ1v) is 8.31. The molecule has 128 valence electrons. The third kappa shape index (κ3) is 6.22. The Kier molecular flexibility index (Phi) is 7.56. The predicted molar refractivity (Wildman–Crippen MR) is 92.4 cm³/mol. The van der Waals surface area contributed by atoms with Gasteiger partial charge >= 0.3 is 5.97 Å². The Morgan fingerprint density at radius 2 is 1.61 bits per heavy atom. The van der Waals surface area contributed by atoms with Crippen LogP contribution < -0.4 is 5.32 Å². The zero-order valence-electron chi connectivity index (χ0n) is 14.4. The van der Waals surface area contributed by atoms with Crippen molar-refractivity contribution < 1.29 is 14.3 Å². The van der Waals surface area contributed by atoms with E-state index in [2.05, 4.69) is 5.32 Å². The lowest BCUT2D eigenvalue weighted by Gasteiger charge is -2.21. The third-order valence-electron chi connectivity index (χ3n) is 3.88. The van der Waals surface area contributed by atoms with Gasteiger partial charge < -0.3 is 10.1 Å². The summed E-state index contributed by atoms with van der Waals surface area (Å²) >= 11 is 5.88. The molecular formula is C18H26ClNO3. The zero-order chi connectivity index (χ0) is 17.6. The molecule has 1 aromatic carbocycles. The first-order chi connectivity index (χ1) is 10.7. The number of hydrogen-bond acceptors (Lipinski definition) is 3. The van der Waals surface area contributed by atoms with Crippen molar-refractivity contribution in [2.75, 3.05) is 6.61 Å². The van der Waals surface area contributed by atoms with Gasteiger partial charge in [-0.3, -0.25) is 9.59 Å². The van der Waals surface area contributed by atoms with Crippen molar-refractivity contribution in [2.45, 2.75) is 46.6 Å². The van der Waals surface area contributed by atoms with Crippen molar-refractivity contribution in [2.24, 2.45) is 11.8 Å². The van der Waals surface area contributed by atoms with Crippen LogP contribution in [0.4, 0.5) is 0 Å². The molecule has 0 radical (unpaired) electrons. The smallest absolute Gasteiger partial charge is 0.314 e. The largest absolute Gasteiger partial charge is 0.455 e. The number of rotatable bonds is 7. The fourth-order valence-corrected chi connectivity index (χ4v) is 2.28. The molecule has 2 atom stereocenters. The Morgan fingerprint density at radius 3 is 2.09 bits per heavy atom. The van der Waals surface area contributed by atoms with Gasteiger partial charge in [-0.1, -0.05) is 51.4 Å². The van der Waals surface area contributed by atoms with Gasteiger partial charge in [-0.05, 0) is 36.5 Å². The molecule has 0 bridgehead atoms. The number of carbonyl (C=O) groups excluding carboxylic acids is 2. The van der Waals surface area contributed by atoms with E-state index >= 15 is 0 Å². The van der Waals surface area contributed by atoms with Crippen LogP contribution in [0.5, 0.6) is 0 Å². The van der Waals surface area contributed by atoms with Crippen LogP contribution in [-0.4, -0.2) is 24.5 Å². The van der Waals surface area contributed by atoms with Crippen LogP contribution in [0.1, 0.15) is 46.1 Å². The number of ether oxygens (including phenoxy) is 1. The molecule has 4 nitrogen and oxygen atoms in total. The van der Waals surface area contributed by atoms with Crippen molar-refractivity contribution in [3.05, 3.63) is 34.9 Å². The summed E-state index contributed by atoms with van der Waals surface area (Å²) in [4.78, 5) is 24.2. The predicted octanol–water partition coefficient (Wildman–Crippen LogP) is 3.78. The number of nitrogens with one attached hydrogen (secondary N) is 1. The highest BCUT2D eigenvalue weighted by atomic mass is 35.5. The van der Waals surface area contributed by atoms with E-state index in [1.54, 1.807) is 12.1 Å². The van der Waals surface area contributed by atoms with Crippen LogP contribution in [0.25, 0.3) is 0 Å². The van der Waals surface area contributed by atoms with Crippen LogP contribution >= 0.6 is 11.6 Å². The summed E-state index contributed by atoms with van der Waals surface area (Å²) in [6, 6.07) is 7.16. The van der Waals surface area contributed by atoms with E-state index in [4.69, 9.17) is 16.3 Å². The highest BCUT2D eigenvalue weighted by molar-refractivity contribution is 6.30. The molecule has 23 heavy (non-hydrogen) atoms. The minimum Gasteiger partial charge on any atom is -0.455 e. The van der Waals surface area contributed by atoms with Gasteiger partial charge in [0.15, 0.2) is 6.61 Å². The number of esters is 1. The molecule has 0 saturated carbocycles. The maximum absolute atomic E-state index is 12.4. The van der Waals surface area contributed by atoms with Crippen molar-refractivity contribution in [1.82, 2.24) is 5.32 Å². The average Bonchev–Trinajstić information content (AvgIpc) is 2.47. The lowest BCUT2D eigenvalue weighted by molar-refractivity contribution is -0.151. The summed E-state index contributed by atoms with van der Waals surface area (Å²) in [7, 11) is 0. The molecule has 1 rings (SSSR count). The minimum atomic E-state index is -0.414. The fraction of sp³-hybridized carbons (Fsp3) is 0.556. The molecule has 0 fully saturated rings. The van der Waals surface area contributed by atoms with Crippen LogP contribution in [-0.2, 0) is 14.3 Å². The maximum Gasteiger partial charge on any atom is 0.314 e. The van der Waals surface area contributed by atoms with E-state index in [-0.39, 0.29) is 24.5 Å². The number of carbonyl (C=O) groups is 2. The first-order valence-electron chi connectivity index (χ1n) is 7.93. The van der Waals surface area contributed by atoms with Gasteiger partial charge in [-0.2, -0.15) is 0 Å². The van der Waals surface area contributed by atoms with Gasteiger partial charge in [0, 0.05) is 11.1 Å². The number of halogens is 1. The monoisotopic (exact) mass is 339 g/mol. The molecule has 0 aromatic heterocycles. The second-order valence-corrected chi connectivity index (χ2v) is 6.92. The highest BCUT2D eigenvalue weighted by Crippen LogP contribution is 2.27. The summed E-state index contributed by atoms with van der Waals surface area (Å²) in [6.45, 7) is 9.60. The molecule has 0 aliphatic heterocycles. The van der Waals surface area contributed by atoms with Crippen LogP contribution in [0.15, 0.2) is 24.3 Å². The molecule has 5 heteroatoms. The normalized spacial score (nSPS) is 13.7. The Balaban J connectivity index is 2.66. The summed E-state index contributed by atoms with van der Waals surface area (Å²) < 4.78 is 5.21. The average molecular weight is 340 g/mol. The molecular weight excluding hydrogens is 314 g/mol. The second-order valence-electron chi connectivity index (χ2n) is 6.48. The Bertz CT molecular complexity index is 526. The number of hydrogen-bond donors (Lipinski definition) is 1. The number of benzene rings is 1. The van der Waals surface area contributed by atoms with Crippen molar-refractivity contribution >= 4 is 23.5 Å². The van der Waals surface area contributed by atoms with Crippen LogP contribution in [0, 0.1) is 11.8 Å². The molecule has 1 amide bonds. The lowest BCUT2D eigenvalue weighted by atomic mass is 9.88. The van der Waals surface area contributed by atoms with E-state index in [9.17, 15) is 9.59 Å². The van der Waals surface area contributed by atoms with E-state index in [1.807, 2.05) is 46.8 Å². The molecule has 0 saturated heterocycles. The van der Waals surface area contributed by atoms with Crippen molar-refractivity contribution in [1.29, 1.82) is 0 Å². The van der Waals surface area contributed by atoms with Crippen molar-refractivity contribution in [3.63, 3.8) is 0 Å². The van der Waals surface area contributed by atoms with Gasteiger partial charge in [0.05, 0.1) is 5.92 Å². The minimum absolute atomic E-state index is 0.0402. The SMILES string of the molecule is CC(C)[C@H](C(=O)OCC(=O)N[C@H](C)C(C)C)c1ccc(Cl)cc1. The summed E-state index contributed by atoms with van der Waals surface area (Å²) in [5, 5.41) is 3.43. The van der Waals surface area contributed by atoms with E-state index < -0.39 is 11.9 Å². The van der Waals surface area contributed by atoms with Crippen LogP contribution in [0.3, 0.4) is 0 Å². The lowest BCUT2D eigenvalue weighted by Crippen LogP contribution is -2.39. The van der Waals surface area contributed by atoms with Gasteiger partial charge in [-0.15, -0.1) is 0 Å². The standard InChI is InChI=1S/C18H26ClNO3/c1-11(2)13(5)20-16(21)10-23-18(22)17(12(3)4)14-6-8-15(19)9-7-14/h6-9,11-13,17H,10H2,1-5H3,(H,20,21)/t13-,17+/m1/s1. The fourth-order valence-electron chi connectivity index (χ4n) is 2.15. The Hall–Kier alpha value is -1.55. The third-order valence-corrected chi connectivity index (χ3v) is 4.14. The van der Waals surface area contributed by atoms with Gasteiger partial charge in [0.1, 0.15) is 0 Å². The Morgan fingerprint density at radius 1 is 1.04 bits per heavy atom. The van der Waals surface area contributed by atoms with Crippen LogP contribution in [0.2, 0.25) is 5.02 Å². The zero-order valence-corrected chi connectivity index (χ0v) is 15.2. The van der Waals surface area contributed by atoms with Gasteiger partial charge in [-0.25, -0.2) is 0 Å². The van der Waals surface area contributed by atoms with Gasteiger partial charge in [0.25, 0.3) is 5.91 Å². The highest BCUT2D eigenvalue weighted by Gasteiger charge is 2.26. The molecule has 0 unspecified atom stereocenters. The molecule has 0 aliphatic carbocycles. The molecule has 0 aliphatic rings. The van der Waals surface area contributed by atoms with E-state index in [1.165, 1.54) is 0 Å². The second kappa shape index (κ2) is 8.92. The summed E-state index contributed by atoms with van der Waals surface area (Å²) in [6.07, 6.45) is 0. The van der Waals surface area contributed by atoms with E-state index in [0.29, 0.717) is 10.9 Å². The Labute approximate surface area is 143 Å². The first kappa shape index (κ1) is 19.5. The molecule has 1 aromatic rings.